The van der Waals surface area contributed by atoms with E-state index in [-0.39, 0.29) is 35.1 Å². The lowest BCUT2D eigenvalue weighted by atomic mass is 10.0. The number of ether oxygens (including phenoxy) is 1. The van der Waals surface area contributed by atoms with E-state index in [0.717, 1.165) is 32.6 Å². The van der Waals surface area contributed by atoms with Gasteiger partial charge in [-0.05, 0) is 64.5 Å². The topological polar surface area (TPSA) is 75.7 Å². The van der Waals surface area contributed by atoms with Crippen molar-refractivity contribution in [1.29, 1.82) is 0 Å². The van der Waals surface area contributed by atoms with E-state index in [1.165, 1.54) is 4.90 Å². The maximum absolute atomic E-state index is 13.2. The van der Waals surface area contributed by atoms with Crippen molar-refractivity contribution in [2.75, 3.05) is 11.9 Å². The van der Waals surface area contributed by atoms with Crippen molar-refractivity contribution in [1.82, 2.24) is 4.90 Å². The van der Waals surface area contributed by atoms with Gasteiger partial charge >= 0.3 is 0 Å². The summed E-state index contributed by atoms with van der Waals surface area (Å²) < 4.78 is 6.53. The normalized spacial score (nSPS) is 14.4. The van der Waals surface area contributed by atoms with Gasteiger partial charge in [0.1, 0.15) is 5.75 Å². The maximum atomic E-state index is 13.2. The second-order valence-electron chi connectivity index (χ2n) is 8.40. The number of anilines is 1. The SMILES string of the molecule is O=C(COc1ccc(Br)cc1/C=C1\SC(=O)N(Cc2cccc3ccccc23)C1=O)Nc1ccccc1Cl. The van der Waals surface area contributed by atoms with Crippen LogP contribution in [-0.4, -0.2) is 28.6 Å². The molecule has 5 rings (SSSR count). The standard InChI is InChI=1S/C29H20BrClN2O4S/c30-21-12-13-25(37-17-27(34)32-24-11-4-3-10-23(24)31)20(14-21)15-26-28(35)33(29(36)38-26)16-19-8-5-7-18-6-1-2-9-22(18)19/h1-15H,16-17H2,(H,32,34)/b26-15-. The van der Waals surface area contributed by atoms with E-state index in [1.54, 1.807) is 48.5 Å². The number of imide groups is 1. The molecule has 0 aliphatic carbocycles. The third-order valence-electron chi connectivity index (χ3n) is 5.85. The summed E-state index contributed by atoms with van der Waals surface area (Å²) in [6.07, 6.45) is 1.61. The highest BCUT2D eigenvalue weighted by atomic mass is 79.9. The minimum absolute atomic E-state index is 0.174. The second kappa shape index (κ2) is 11.4. The lowest BCUT2D eigenvalue weighted by Gasteiger charge is -2.14. The summed E-state index contributed by atoms with van der Waals surface area (Å²) >= 11 is 10.4. The first-order chi connectivity index (χ1) is 18.4. The van der Waals surface area contributed by atoms with E-state index >= 15 is 0 Å². The number of thioether (sulfide) groups is 1. The van der Waals surface area contributed by atoms with Gasteiger partial charge in [-0.25, -0.2) is 0 Å². The molecule has 3 amide bonds. The number of carbonyl (C=O) groups is 3. The Balaban J connectivity index is 1.33. The van der Waals surface area contributed by atoms with E-state index in [2.05, 4.69) is 21.2 Å². The van der Waals surface area contributed by atoms with E-state index in [1.807, 2.05) is 42.5 Å². The average molecular weight is 608 g/mol. The largest absolute Gasteiger partial charge is 0.483 e. The molecule has 0 unspecified atom stereocenters. The Morgan fingerprint density at radius 1 is 1.00 bits per heavy atom. The Labute approximate surface area is 236 Å². The van der Waals surface area contributed by atoms with E-state index in [9.17, 15) is 14.4 Å². The summed E-state index contributed by atoms with van der Waals surface area (Å²) in [5.41, 5.74) is 1.93. The number of fused-ring (bicyclic) bond motifs is 1. The number of carbonyl (C=O) groups excluding carboxylic acids is 3. The molecule has 1 heterocycles. The first-order valence-electron chi connectivity index (χ1n) is 11.6. The lowest BCUT2D eigenvalue weighted by molar-refractivity contribution is -0.123. The molecule has 0 atom stereocenters. The summed E-state index contributed by atoms with van der Waals surface area (Å²) in [6, 6.07) is 25.8. The van der Waals surface area contributed by atoms with Crippen LogP contribution in [0.25, 0.3) is 16.8 Å². The summed E-state index contributed by atoms with van der Waals surface area (Å²) in [5, 5.41) is 4.83. The van der Waals surface area contributed by atoms with E-state index in [0.29, 0.717) is 22.0 Å². The number of hydrogen-bond donors (Lipinski definition) is 1. The van der Waals surface area contributed by atoms with Crippen molar-refractivity contribution in [3.63, 3.8) is 0 Å². The minimum Gasteiger partial charge on any atom is -0.483 e. The number of rotatable bonds is 7. The quantitative estimate of drug-likeness (QED) is 0.220. The third kappa shape index (κ3) is 5.78. The van der Waals surface area contributed by atoms with E-state index < -0.39 is 0 Å². The zero-order chi connectivity index (χ0) is 26.6. The number of hydrogen-bond acceptors (Lipinski definition) is 5. The Morgan fingerprint density at radius 3 is 2.61 bits per heavy atom. The molecule has 1 N–H and O–H groups in total. The van der Waals surface area contributed by atoms with Crippen molar-refractivity contribution >= 4 is 78.9 Å². The van der Waals surface area contributed by atoms with Crippen LogP contribution in [0.3, 0.4) is 0 Å². The number of halogens is 2. The van der Waals surface area contributed by atoms with Gasteiger partial charge in [-0.2, -0.15) is 0 Å². The van der Waals surface area contributed by atoms with Gasteiger partial charge in [0.2, 0.25) is 0 Å². The van der Waals surface area contributed by atoms with Crippen LogP contribution in [0, 0.1) is 0 Å². The highest BCUT2D eigenvalue weighted by Gasteiger charge is 2.35. The lowest BCUT2D eigenvalue weighted by Crippen LogP contribution is -2.27. The van der Waals surface area contributed by atoms with Crippen LogP contribution in [0.1, 0.15) is 11.1 Å². The number of nitrogens with one attached hydrogen (secondary N) is 1. The zero-order valence-corrected chi connectivity index (χ0v) is 23.0. The molecule has 0 saturated carbocycles. The molecule has 0 aromatic heterocycles. The van der Waals surface area contributed by atoms with Crippen LogP contribution in [0.4, 0.5) is 10.5 Å². The smallest absolute Gasteiger partial charge is 0.293 e. The predicted octanol–water partition coefficient (Wildman–Crippen LogP) is 7.51. The number of benzene rings is 4. The highest BCUT2D eigenvalue weighted by Crippen LogP contribution is 2.36. The number of para-hydroxylation sites is 1. The summed E-state index contributed by atoms with van der Waals surface area (Å²) in [4.78, 5) is 40.0. The monoisotopic (exact) mass is 606 g/mol. The molecule has 9 heteroatoms. The Kier molecular flexibility index (Phi) is 7.83. The van der Waals surface area contributed by atoms with Gasteiger partial charge in [0, 0.05) is 10.0 Å². The van der Waals surface area contributed by atoms with Crippen LogP contribution in [0.5, 0.6) is 5.75 Å². The Hall–Kier alpha value is -3.59. The second-order valence-corrected chi connectivity index (χ2v) is 10.7. The maximum Gasteiger partial charge on any atom is 0.293 e. The van der Waals surface area contributed by atoms with Gasteiger partial charge in [-0.3, -0.25) is 19.3 Å². The summed E-state index contributed by atoms with van der Waals surface area (Å²) in [5.74, 6) is -0.374. The first kappa shape index (κ1) is 26.0. The predicted molar refractivity (Wildman–Crippen MR) is 155 cm³/mol. The Bertz CT molecular complexity index is 1600. The molecule has 1 fully saturated rings. The highest BCUT2D eigenvalue weighted by molar-refractivity contribution is 9.10. The van der Waals surface area contributed by atoms with E-state index in [4.69, 9.17) is 16.3 Å². The molecule has 0 spiro atoms. The average Bonchev–Trinajstić information content (AvgIpc) is 3.17. The van der Waals surface area contributed by atoms with Crippen LogP contribution < -0.4 is 10.1 Å². The molecule has 1 aliphatic rings. The van der Waals surface area contributed by atoms with Crippen molar-refractivity contribution < 1.29 is 19.1 Å². The number of amides is 3. The van der Waals surface area contributed by atoms with Crippen LogP contribution in [-0.2, 0) is 16.1 Å². The van der Waals surface area contributed by atoms with Crippen LogP contribution in [0.15, 0.2) is 94.3 Å². The van der Waals surface area contributed by atoms with Gasteiger partial charge in [0.25, 0.3) is 17.1 Å². The van der Waals surface area contributed by atoms with Crippen molar-refractivity contribution in [3.8, 4) is 5.75 Å². The molecule has 4 aromatic carbocycles. The van der Waals surface area contributed by atoms with Gasteiger partial charge in [-0.1, -0.05) is 82.1 Å². The van der Waals surface area contributed by atoms with Crippen molar-refractivity contribution in [3.05, 3.63) is 110 Å². The molecule has 0 bridgehead atoms. The molecule has 190 valence electrons. The fourth-order valence-corrected chi connectivity index (χ4v) is 5.42. The van der Waals surface area contributed by atoms with Gasteiger partial charge in [0.05, 0.1) is 22.2 Å². The Morgan fingerprint density at radius 2 is 1.76 bits per heavy atom. The molecular weight excluding hydrogens is 588 g/mol. The zero-order valence-electron chi connectivity index (χ0n) is 19.8. The van der Waals surface area contributed by atoms with Crippen LogP contribution in [0.2, 0.25) is 5.02 Å². The van der Waals surface area contributed by atoms with Gasteiger partial charge in [-0.15, -0.1) is 0 Å². The van der Waals surface area contributed by atoms with Crippen LogP contribution >= 0.6 is 39.3 Å². The van der Waals surface area contributed by atoms with Gasteiger partial charge < -0.3 is 10.1 Å². The third-order valence-corrected chi connectivity index (χ3v) is 7.58. The number of nitrogens with zero attached hydrogens (tertiary/aromatic N) is 1. The first-order valence-corrected chi connectivity index (χ1v) is 13.6. The van der Waals surface area contributed by atoms with Crippen molar-refractivity contribution in [2.45, 2.75) is 6.54 Å². The molecular formula is C29H20BrClN2O4S. The fraction of sp³-hybridized carbons (Fsp3) is 0.0690. The van der Waals surface area contributed by atoms with Crippen molar-refractivity contribution in [2.24, 2.45) is 0 Å². The summed E-state index contributed by atoms with van der Waals surface area (Å²) in [6.45, 7) is -0.0936. The molecule has 6 nitrogen and oxygen atoms in total. The molecule has 1 aliphatic heterocycles. The van der Waals surface area contributed by atoms with Gasteiger partial charge in [0.15, 0.2) is 6.61 Å². The molecule has 1 saturated heterocycles. The fourth-order valence-electron chi connectivity index (χ4n) is 4.03. The minimum atomic E-state index is -0.387. The molecule has 4 aromatic rings. The summed E-state index contributed by atoms with van der Waals surface area (Å²) in [7, 11) is 0. The molecule has 0 radical (unpaired) electrons. The molecule has 38 heavy (non-hydrogen) atoms.